The Kier molecular flexibility index (Phi) is 4.76. The van der Waals surface area contributed by atoms with E-state index in [1.165, 1.54) is 32.1 Å². The van der Waals surface area contributed by atoms with Gasteiger partial charge in [-0.25, -0.2) is 4.98 Å². The molecule has 2 amide bonds. The molecule has 6 nitrogen and oxygen atoms in total. The molecule has 1 saturated carbocycles. The van der Waals surface area contributed by atoms with Gasteiger partial charge in [-0.1, -0.05) is 43.5 Å². The molecule has 0 bridgehead atoms. The van der Waals surface area contributed by atoms with Crippen LogP contribution in [0.3, 0.4) is 0 Å². The number of fused-ring (bicyclic) bond motifs is 1. The minimum Gasteiger partial charge on any atom is -0.395 e. The molecule has 4 aromatic rings. The number of imidazole rings is 1. The topological polar surface area (TPSA) is 75.4 Å². The molecular formula is C27H25N3O3. The second-order valence-corrected chi connectivity index (χ2v) is 9.02. The lowest BCUT2D eigenvalue weighted by molar-refractivity contribution is 0.0580. The van der Waals surface area contributed by atoms with Crippen LogP contribution in [0.25, 0.3) is 32.9 Å². The molecule has 0 saturated heterocycles. The summed E-state index contributed by atoms with van der Waals surface area (Å²) >= 11 is 0. The molecule has 1 aromatic heterocycles. The molecule has 6 rings (SSSR count). The third-order valence-electron chi connectivity index (χ3n) is 7.17. The molecule has 6 heteroatoms. The Morgan fingerprint density at radius 1 is 0.909 bits per heavy atom. The number of amides is 2. The molecule has 2 aliphatic rings. The molecule has 0 spiro atoms. The van der Waals surface area contributed by atoms with Gasteiger partial charge in [0.15, 0.2) is 0 Å². The van der Waals surface area contributed by atoms with Crippen LogP contribution in [0.2, 0.25) is 0 Å². The second-order valence-electron chi connectivity index (χ2n) is 9.02. The fourth-order valence-corrected chi connectivity index (χ4v) is 5.55. The fraction of sp³-hybridized carbons (Fsp3) is 0.296. The Morgan fingerprint density at radius 3 is 2.45 bits per heavy atom. The number of carbonyl (C=O) groups excluding carboxylic acids is 2. The van der Waals surface area contributed by atoms with E-state index in [4.69, 9.17) is 4.98 Å². The Hall–Kier alpha value is -3.51. The van der Waals surface area contributed by atoms with Crippen LogP contribution in [-0.2, 0) is 0 Å². The van der Waals surface area contributed by atoms with Gasteiger partial charge in [-0.05, 0) is 53.6 Å². The Morgan fingerprint density at radius 2 is 1.67 bits per heavy atom. The summed E-state index contributed by atoms with van der Waals surface area (Å²) in [7, 11) is 0. The Bertz CT molecular complexity index is 1390. The lowest BCUT2D eigenvalue weighted by Crippen LogP contribution is -2.41. The molecule has 1 aliphatic heterocycles. The average molecular weight is 440 g/mol. The number of carbonyl (C=O) groups is 2. The highest BCUT2D eigenvalue weighted by molar-refractivity contribution is 6.27. The maximum atomic E-state index is 13.0. The van der Waals surface area contributed by atoms with E-state index in [1.807, 2.05) is 24.5 Å². The predicted molar refractivity (Wildman–Crippen MR) is 127 cm³/mol. The molecule has 3 aromatic carbocycles. The molecule has 2 heterocycles. The van der Waals surface area contributed by atoms with Crippen LogP contribution >= 0.6 is 0 Å². The van der Waals surface area contributed by atoms with Gasteiger partial charge in [0.1, 0.15) is 0 Å². The van der Waals surface area contributed by atoms with Gasteiger partial charge in [0.2, 0.25) is 0 Å². The first kappa shape index (κ1) is 20.1. The van der Waals surface area contributed by atoms with Crippen molar-refractivity contribution in [2.45, 2.75) is 38.1 Å². The molecule has 166 valence electrons. The molecule has 1 aliphatic carbocycles. The van der Waals surface area contributed by atoms with Gasteiger partial charge in [-0.2, -0.15) is 0 Å². The van der Waals surface area contributed by atoms with Gasteiger partial charge in [0, 0.05) is 22.6 Å². The molecule has 0 atom stereocenters. The van der Waals surface area contributed by atoms with Gasteiger partial charge < -0.3 is 9.67 Å². The Labute approximate surface area is 191 Å². The van der Waals surface area contributed by atoms with Crippen LogP contribution in [0.5, 0.6) is 0 Å². The predicted octanol–water partition coefficient (Wildman–Crippen LogP) is 4.95. The van der Waals surface area contributed by atoms with Crippen LogP contribution in [0.15, 0.2) is 54.9 Å². The van der Waals surface area contributed by atoms with E-state index in [0.29, 0.717) is 22.6 Å². The smallest absolute Gasteiger partial charge is 0.261 e. The molecular weight excluding hydrogens is 414 g/mol. The number of rotatable bonds is 4. The lowest BCUT2D eigenvalue weighted by Gasteiger charge is -2.27. The van der Waals surface area contributed by atoms with Gasteiger partial charge in [0.25, 0.3) is 11.8 Å². The minimum absolute atomic E-state index is 0.00440. The van der Waals surface area contributed by atoms with E-state index in [0.717, 1.165) is 32.4 Å². The SMILES string of the molecule is O=C1c2cccc3c(-c4ccc5c(c4)ncn5C4CCCCC4)ccc(c23)C(=O)N1CCO. The number of hydrogen-bond acceptors (Lipinski definition) is 4. The number of hydrogen-bond donors (Lipinski definition) is 1. The summed E-state index contributed by atoms with van der Waals surface area (Å²) in [6.07, 6.45) is 8.25. The Balaban J connectivity index is 1.47. The van der Waals surface area contributed by atoms with Crippen LogP contribution < -0.4 is 0 Å². The largest absolute Gasteiger partial charge is 0.395 e. The summed E-state index contributed by atoms with van der Waals surface area (Å²) in [6, 6.07) is 16.2. The van der Waals surface area contributed by atoms with Gasteiger partial charge >= 0.3 is 0 Å². The molecule has 33 heavy (non-hydrogen) atoms. The maximum Gasteiger partial charge on any atom is 0.261 e. The van der Waals surface area contributed by atoms with E-state index in [2.05, 4.69) is 22.8 Å². The van der Waals surface area contributed by atoms with E-state index >= 15 is 0 Å². The zero-order chi connectivity index (χ0) is 22.5. The third kappa shape index (κ3) is 3.09. The van der Waals surface area contributed by atoms with Crippen molar-refractivity contribution in [3.05, 3.63) is 66.0 Å². The standard InChI is InChI=1S/C27H25N3O3/c31-14-13-29-26(32)21-8-4-7-20-19(10-11-22(25(20)21)27(29)33)17-9-12-24-23(15-17)28-16-30(24)18-5-2-1-3-6-18/h4,7-12,15-16,18,31H,1-3,5-6,13-14H2. The van der Waals surface area contributed by atoms with Crippen molar-refractivity contribution in [3.8, 4) is 11.1 Å². The van der Waals surface area contributed by atoms with Crippen molar-refractivity contribution in [2.75, 3.05) is 13.2 Å². The third-order valence-corrected chi connectivity index (χ3v) is 7.17. The normalized spacial score (nSPS) is 16.8. The first-order chi connectivity index (χ1) is 16.2. The number of aliphatic hydroxyl groups is 1. The minimum atomic E-state index is -0.356. The van der Waals surface area contributed by atoms with E-state index < -0.39 is 0 Å². The monoisotopic (exact) mass is 439 g/mol. The first-order valence-corrected chi connectivity index (χ1v) is 11.7. The molecule has 1 fully saturated rings. The molecule has 1 N–H and O–H groups in total. The van der Waals surface area contributed by atoms with Crippen LogP contribution in [-0.4, -0.2) is 44.5 Å². The summed E-state index contributed by atoms with van der Waals surface area (Å²) in [5.74, 6) is -0.711. The molecule has 0 radical (unpaired) electrons. The van der Waals surface area contributed by atoms with Crippen molar-refractivity contribution in [2.24, 2.45) is 0 Å². The lowest BCUT2D eigenvalue weighted by atomic mass is 9.89. The molecule has 0 unspecified atom stereocenters. The summed E-state index contributed by atoms with van der Waals surface area (Å²) in [5.41, 5.74) is 5.09. The van der Waals surface area contributed by atoms with Crippen molar-refractivity contribution in [3.63, 3.8) is 0 Å². The van der Waals surface area contributed by atoms with Gasteiger partial charge in [0.05, 0.1) is 30.5 Å². The van der Waals surface area contributed by atoms with E-state index in [1.54, 1.807) is 12.1 Å². The highest BCUT2D eigenvalue weighted by atomic mass is 16.3. The summed E-state index contributed by atoms with van der Waals surface area (Å²) in [5, 5.41) is 10.9. The number of β-amino-alcohol motifs (C(OH)–C–C–N with tert-alkyl or cyclic N) is 1. The highest BCUT2D eigenvalue weighted by Gasteiger charge is 2.33. The van der Waals surface area contributed by atoms with E-state index in [-0.39, 0.29) is 25.0 Å². The van der Waals surface area contributed by atoms with Crippen molar-refractivity contribution in [1.29, 1.82) is 0 Å². The van der Waals surface area contributed by atoms with E-state index in [9.17, 15) is 14.7 Å². The van der Waals surface area contributed by atoms with Crippen LogP contribution in [0.1, 0.15) is 58.9 Å². The number of aromatic nitrogens is 2. The zero-order valence-electron chi connectivity index (χ0n) is 18.3. The van der Waals surface area contributed by atoms with Crippen molar-refractivity contribution >= 4 is 33.6 Å². The summed E-state index contributed by atoms with van der Waals surface area (Å²) in [4.78, 5) is 31.7. The van der Waals surface area contributed by atoms with Crippen molar-refractivity contribution in [1.82, 2.24) is 14.5 Å². The maximum absolute atomic E-state index is 13.0. The van der Waals surface area contributed by atoms with Crippen LogP contribution in [0.4, 0.5) is 0 Å². The first-order valence-electron chi connectivity index (χ1n) is 11.7. The number of aliphatic hydroxyl groups excluding tert-OH is 1. The fourth-order valence-electron chi connectivity index (χ4n) is 5.55. The number of imide groups is 1. The van der Waals surface area contributed by atoms with Crippen LogP contribution in [0, 0.1) is 0 Å². The second kappa shape index (κ2) is 7.81. The summed E-state index contributed by atoms with van der Waals surface area (Å²) in [6.45, 7) is -0.260. The quantitative estimate of drug-likeness (QED) is 0.457. The van der Waals surface area contributed by atoms with Crippen molar-refractivity contribution < 1.29 is 14.7 Å². The summed E-state index contributed by atoms with van der Waals surface area (Å²) < 4.78 is 2.32. The van der Waals surface area contributed by atoms with Gasteiger partial charge in [-0.3, -0.25) is 14.5 Å². The average Bonchev–Trinajstić information content (AvgIpc) is 3.28. The highest BCUT2D eigenvalue weighted by Crippen LogP contribution is 2.38. The number of benzene rings is 3. The number of nitrogens with zero attached hydrogens (tertiary/aromatic N) is 3. The van der Waals surface area contributed by atoms with Gasteiger partial charge in [-0.15, -0.1) is 0 Å². The zero-order valence-corrected chi connectivity index (χ0v) is 18.3.